The van der Waals surface area contributed by atoms with Crippen molar-refractivity contribution in [1.82, 2.24) is 20.4 Å². The number of rotatable bonds is 6. The monoisotopic (exact) mass is 324 g/mol. The van der Waals surface area contributed by atoms with Crippen molar-refractivity contribution in [2.45, 2.75) is 45.7 Å². The number of hydrogen-bond acceptors (Lipinski definition) is 6. The van der Waals surface area contributed by atoms with Crippen molar-refractivity contribution in [3.05, 3.63) is 11.7 Å². The third-order valence-corrected chi connectivity index (χ3v) is 3.76. The van der Waals surface area contributed by atoms with E-state index in [1.807, 2.05) is 20.8 Å². The number of carbonyl (C=O) groups is 2. The number of likely N-dealkylation sites (tertiary alicyclic amines) is 1. The van der Waals surface area contributed by atoms with Gasteiger partial charge in [0.05, 0.1) is 19.1 Å². The molecule has 8 heteroatoms. The fourth-order valence-electron chi connectivity index (χ4n) is 2.50. The first kappa shape index (κ1) is 17.4. The molecule has 2 amide bonds. The van der Waals surface area contributed by atoms with Gasteiger partial charge < -0.3 is 19.5 Å². The van der Waals surface area contributed by atoms with Gasteiger partial charge >= 0.3 is 0 Å². The van der Waals surface area contributed by atoms with Gasteiger partial charge in [0.15, 0.2) is 5.82 Å². The van der Waals surface area contributed by atoms with Crippen molar-refractivity contribution in [1.29, 1.82) is 0 Å². The van der Waals surface area contributed by atoms with Gasteiger partial charge in [0.2, 0.25) is 17.7 Å². The molecule has 1 aliphatic heterocycles. The molecule has 23 heavy (non-hydrogen) atoms. The van der Waals surface area contributed by atoms with E-state index in [1.54, 1.807) is 12.0 Å². The molecule has 1 fully saturated rings. The van der Waals surface area contributed by atoms with Crippen LogP contribution in [-0.2, 0) is 27.3 Å². The Balaban J connectivity index is 1.83. The van der Waals surface area contributed by atoms with Gasteiger partial charge in [-0.25, -0.2) is 0 Å². The van der Waals surface area contributed by atoms with E-state index in [4.69, 9.17) is 9.26 Å². The molecule has 8 nitrogen and oxygen atoms in total. The van der Waals surface area contributed by atoms with Crippen molar-refractivity contribution < 1.29 is 18.8 Å². The molecular weight excluding hydrogens is 300 g/mol. The Kier molecular flexibility index (Phi) is 5.35. The second-order valence-electron chi connectivity index (χ2n) is 6.64. The van der Waals surface area contributed by atoms with Crippen LogP contribution in [0.3, 0.4) is 0 Å². The van der Waals surface area contributed by atoms with Gasteiger partial charge in [-0.3, -0.25) is 9.59 Å². The number of carbonyl (C=O) groups excluding carboxylic acids is 2. The van der Waals surface area contributed by atoms with Crippen LogP contribution in [-0.4, -0.2) is 52.7 Å². The van der Waals surface area contributed by atoms with Crippen LogP contribution in [0.25, 0.3) is 0 Å². The average Bonchev–Trinajstić information content (AvgIpc) is 3.08. The first-order valence-corrected chi connectivity index (χ1v) is 7.70. The largest absolute Gasteiger partial charge is 0.384 e. The van der Waals surface area contributed by atoms with Crippen LogP contribution in [0.5, 0.6) is 0 Å². The number of hydrogen-bond donors (Lipinski definition) is 1. The smallest absolute Gasteiger partial charge is 0.246 e. The minimum Gasteiger partial charge on any atom is -0.384 e. The molecule has 2 rings (SSSR count). The highest BCUT2D eigenvalue weighted by molar-refractivity contribution is 5.89. The molecule has 1 aromatic rings. The van der Waals surface area contributed by atoms with E-state index in [9.17, 15) is 9.59 Å². The summed E-state index contributed by atoms with van der Waals surface area (Å²) in [5, 5.41) is 6.56. The second-order valence-corrected chi connectivity index (χ2v) is 6.64. The van der Waals surface area contributed by atoms with Crippen LogP contribution in [0.1, 0.15) is 38.9 Å². The molecule has 1 atom stereocenters. The van der Waals surface area contributed by atoms with E-state index >= 15 is 0 Å². The maximum absolute atomic E-state index is 12.2. The average molecular weight is 324 g/mol. The number of nitrogens with zero attached hydrogens (tertiary/aromatic N) is 3. The maximum atomic E-state index is 12.2. The SMILES string of the molecule is COCCc1noc(CNC(=O)[C@@H]2CC(=O)N(C(C)(C)C)C2)n1. The summed E-state index contributed by atoms with van der Waals surface area (Å²) in [6.45, 7) is 7.01. The quantitative estimate of drug-likeness (QED) is 0.819. The van der Waals surface area contributed by atoms with Crippen molar-refractivity contribution >= 4 is 11.8 Å². The van der Waals surface area contributed by atoms with Gasteiger partial charge in [-0.2, -0.15) is 4.98 Å². The predicted octanol–water partition coefficient (Wildman–Crippen LogP) is 0.522. The van der Waals surface area contributed by atoms with Gasteiger partial charge in [0.25, 0.3) is 0 Å². The molecule has 0 bridgehead atoms. The Morgan fingerprint density at radius 3 is 2.83 bits per heavy atom. The van der Waals surface area contributed by atoms with Gasteiger partial charge in [-0.1, -0.05) is 5.16 Å². The van der Waals surface area contributed by atoms with Gasteiger partial charge in [0, 0.05) is 32.0 Å². The number of ether oxygens (including phenoxy) is 1. The van der Waals surface area contributed by atoms with Crippen molar-refractivity contribution in [3.8, 4) is 0 Å². The molecule has 0 spiro atoms. The third-order valence-electron chi connectivity index (χ3n) is 3.76. The highest BCUT2D eigenvalue weighted by Gasteiger charge is 2.39. The first-order chi connectivity index (χ1) is 10.8. The molecule has 1 aliphatic rings. The minimum absolute atomic E-state index is 0.0114. The normalized spacial score (nSPS) is 18.5. The Bertz CT molecular complexity index is 564. The van der Waals surface area contributed by atoms with Gasteiger partial charge in [-0.05, 0) is 20.8 Å². The minimum atomic E-state index is -0.336. The zero-order chi connectivity index (χ0) is 17.0. The fourth-order valence-corrected chi connectivity index (χ4v) is 2.50. The van der Waals surface area contributed by atoms with Gasteiger partial charge in [0.1, 0.15) is 0 Å². The molecule has 128 valence electrons. The van der Waals surface area contributed by atoms with Crippen LogP contribution >= 0.6 is 0 Å². The summed E-state index contributed by atoms with van der Waals surface area (Å²) in [4.78, 5) is 30.1. The summed E-state index contributed by atoms with van der Waals surface area (Å²) >= 11 is 0. The highest BCUT2D eigenvalue weighted by atomic mass is 16.5. The number of nitrogens with one attached hydrogen (secondary N) is 1. The molecule has 0 saturated carbocycles. The Morgan fingerprint density at radius 2 is 2.22 bits per heavy atom. The van der Waals surface area contributed by atoms with Crippen molar-refractivity contribution in [2.75, 3.05) is 20.3 Å². The van der Waals surface area contributed by atoms with Crippen LogP contribution < -0.4 is 5.32 Å². The molecule has 1 N–H and O–H groups in total. The molecule has 1 aromatic heterocycles. The third kappa shape index (κ3) is 4.51. The first-order valence-electron chi connectivity index (χ1n) is 7.70. The summed E-state index contributed by atoms with van der Waals surface area (Å²) < 4.78 is 10.0. The van der Waals surface area contributed by atoms with E-state index in [1.165, 1.54) is 0 Å². The molecular formula is C15H24N4O4. The lowest BCUT2D eigenvalue weighted by molar-refractivity contribution is -0.132. The topological polar surface area (TPSA) is 97.6 Å². The van der Waals surface area contributed by atoms with Crippen LogP contribution in [0.15, 0.2) is 4.52 Å². The maximum Gasteiger partial charge on any atom is 0.246 e. The lowest BCUT2D eigenvalue weighted by Gasteiger charge is -2.31. The van der Waals surface area contributed by atoms with Crippen LogP contribution in [0.2, 0.25) is 0 Å². The fraction of sp³-hybridized carbons (Fsp3) is 0.733. The van der Waals surface area contributed by atoms with Crippen molar-refractivity contribution in [2.24, 2.45) is 5.92 Å². The van der Waals surface area contributed by atoms with E-state index in [0.29, 0.717) is 31.3 Å². The zero-order valence-corrected chi connectivity index (χ0v) is 14.1. The highest BCUT2D eigenvalue weighted by Crippen LogP contribution is 2.25. The molecule has 0 aliphatic carbocycles. The lowest BCUT2D eigenvalue weighted by atomic mass is 10.1. The lowest BCUT2D eigenvalue weighted by Crippen LogP contribution is -2.43. The second kappa shape index (κ2) is 7.08. The zero-order valence-electron chi connectivity index (χ0n) is 14.1. The van der Waals surface area contributed by atoms with Crippen LogP contribution in [0, 0.1) is 5.92 Å². The standard InChI is InChI=1S/C15H24N4O4/c1-15(2,3)19-9-10(7-13(19)20)14(21)16-8-12-17-11(18-23-12)5-6-22-4/h10H,5-9H2,1-4H3,(H,16,21)/t10-/m1/s1. The van der Waals surface area contributed by atoms with E-state index in [-0.39, 0.29) is 36.2 Å². The predicted molar refractivity (Wildman–Crippen MR) is 81.3 cm³/mol. The summed E-state index contributed by atoms with van der Waals surface area (Å²) in [5.74, 6) is 0.407. The molecule has 1 saturated heterocycles. The van der Waals surface area contributed by atoms with Gasteiger partial charge in [-0.15, -0.1) is 0 Å². The molecule has 0 unspecified atom stereocenters. The summed E-state index contributed by atoms with van der Waals surface area (Å²) in [6.07, 6.45) is 0.803. The van der Waals surface area contributed by atoms with Crippen LogP contribution in [0.4, 0.5) is 0 Å². The summed E-state index contributed by atoms with van der Waals surface area (Å²) in [7, 11) is 1.60. The number of aromatic nitrogens is 2. The van der Waals surface area contributed by atoms with E-state index in [0.717, 1.165) is 0 Å². The molecule has 0 radical (unpaired) electrons. The summed E-state index contributed by atoms with van der Waals surface area (Å²) in [5.41, 5.74) is -0.269. The number of amides is 2. The molecule has 0 aromatic carbocycles. The Hall–Kier alpha value is -1.96. The molecule has 2 heterocycles. The Morgan fingerprint density at radius 1 is 1.48 bits per heavy atom. The van der Waals surface area contributed by atoms with E-state index in [2.05, 4.69) is 15.5 Å². The van der Waals surface area contributed by atoms with E-state index < -0.39 is 0 Å². The van der Waals surface area contributed by atoms with Crippen molar-refractivity contribution in [3.63, 3.8) is 0 Å². The number of methoxy groups -OCH3 is 1. The Labute approximate surface area is 135 Å². The summed E-state index contributed by atoms with van der Waals surface area (Å²) in [6, 6.07) is 0.